The molecule has 0 unspecified atom stereocenters. The van der Waals surface area contributed by atoms with Gasteiger partial charge in [-0.05, 0) is 36.4 Å². The molecule has 124 valence electrons. The Morgan fingerprint density at radius 2 is 2.09 bits per heavy atom. The van der Waals surface area contributed by atoms with Crippen molar-refractivity contribution in [2.75, 3.05) is 6.61 Å². The van der Waals surface area contributed by atoms with E-state index in [2.05, 4.69) is 32.6 Å². The summed E-state index contributed by atoms with van der Waals surface area (Å²) in [6.07, 6.45) is 1.77. The molecule has 2 fully saturated rings. The van der Waals surface area contributed by atoms with E-state index in [9.17, 15) is 5.11 Å². The smallest absolute Gasteiger partial charge is 0.164 e. The van der Waals surface area contributed by atoms with Crippen molar-refractivity contribution >= 4 is 45.2 Å². The maximum Gasteiger partial charge on any atom is 0.164 e. The third-order valence-electron chi connectivity index (χ3n) is 4.10. The summed E-state index contributed by atoms with van der Waals surface area (Å²) in [5, 5.41) is 10.8. The van der Waals surface area contributed by atoms with E-state index in [1.165, 1.54) is 6.33 Å². The van der Waals surface area contributed by atoms with Crippen LogP contribution in [0.15, 0.2) is 12.5 Å². The first-order valence-corrected chi connectivity index (χ1v) is 8.65. The first-order valence-electron chi connectivity index (χ1n) is 7.20. The number of rotatable bonds is 2. The Labute approximate surface area is 151 Å². The Morgan fingerprint density at radius 3 is 2.83 bits per heavy atom. The van der Waals surface area contributed by atoms with Crippen molar-refractivity contribution in [2.24, 2.45) is 0 Å². The largest absolute Gasteiger partial charge is 0.394 e. The molecule has 0 bridgehead atoms. The Kier molecular flexibility index (Phi) is 3.82. The molecule has 0 amide bonds. The van der Waals surface area contributed by atoms with Crippen molar-refractivity contribution < 1.29 is 19.3 Å². The molecule has 2 aliphatic heterocycles. The standard InChI is InChI=1S/C14H15ClIN3O4/c1-14(2)22-9-7(4-20)21-13(10(9)23-14)19-3-6(16)8-11(15)17-5-18-12(8)19/h3,5,7,9-10,13,20H,4H2,1-2H3/t7-,9+,10+,13+/m0/s1. The number of hydrogen-bond donors (Lipinski definition) is 1. The molecule has 2 aliphatic rings. The minimum absolute atomic E-state index is 0.136. The fourth-order valence-corrected chi connectivity index (χ4v) is 4.41. The van der Waals surface area contributed by atoms with E-state index in [1.807, 2.05) is 24.6 Å². The second-order valence-electron chi connectivity index (χ2n) is 6.06. The van der Waals surface area contributed by atoms with Crippen molar-refractivity contribution in [3.8, 4) is 0 Å². The number of fused-ring (bicyclic) bond motifs is 2. The SMILES string of the molecule is CC1(C)O[C@@H]2[C@H](O1)[C@H](CO)O[C@H]2n1cc(I)c2c(Cl)ncnc21. The van der Waals surface area contributed by atoms with Crippen LogP contribution in [0.4, 0.5) is 0 Å². The minimum atomic E-state index is -0.715. The average molecular weight is 452 g/mol. The van der Waals surface area contributed by atoms with Crippen LogP contribution in [0.5, 0.6) is 0 Å². The van der Waals surface area contributed by atoms with Crippen molar-refractivity contribution in [3.05, 3.63) is 21.2 Å². The summed E-state index contributed by atoms with van der Waals surface area (Å²) in [7, 11) is 0. The van der Waals surface area contributed by atoms with Crippen molar-refractivity contribution in [2.45, 2.75) is 44.2 Å². The number of aliphatic hydroxyl groups excluding tert-OH is 1. The lowest BCUT2D eigenvalue weighted by Gasteiger charge is -2.24. The zero-order valence-electron chi connectivity index (χ0n) is 12.4. The van der Waals surface area contributed by atoms with Crippen LogP contribution in [0.3, 0.4) is 0 Å². The number of ether oxygens (including phenoxy) is 3. The van der Waals surface area contributed by atoms with Crippen molar-refractivity contribution in [1.29, 1.82) is 0 Å². The van der Waals surface area contributed by atoms with E-state index in [4.69, 9.17) is 25.8 Å². The molecule has 7 nitrogen and oxygen atoms in total. The first-order chi connectivity index (χ1) is 10.9. The molecule has 0 saturated carbocycles. The second kappa shape index (κ2) is 5.50. The number of aliphatic hydroxyl groups is 1. The molecule has 0 radical (unpaired) electrons. The zero-order valence-corrected chi connectivity index (χ0v) is 15.4. The Bertz CT molecular complexity index is 768. The molecule has 1 N–H and O–H groups in total. The molecule has 4 rings (SSSR count). The summed E-state index contributed by atoms with van der Waals surface area (Å²) in [5.74, 6) is -0.715. The number of aromatic nitrogens is 3. The van der Waals surface area contributed by atoms with E-state index in [1.54, 1.807) is 0 Å². The van der Waals surface area contributed by atoms with Crippen LogP contribution in [0.2, 0.25) is 5.15 Å². The van der Waals surface area contributed by atoms with Gasteiger partial charge in [0.15, 0.2) is 12.0 Å². The monoisotopic (exact) mass is 451 g/mol. The highest BCUT2D eigenvalue weighted by Gasteiger charge is 2.55. The number of halogens is 2. The van der Waals surface area contributed by atoms with E-state index < -0.39 is 18.1 Å². The lowest BCUT2D eigenvalue weighted by atomic mass is 10.1. The van der Waals surface area contributed by atoms with E-state index in [0.717, 1.165) is 8.96 Å². The van der Waals surface area contributed by atoms with Crippen LogP contribution >= 0.6 is 34.2 Å². The van der Waals surface area contributed by atoms with Crippen LogP contribution < -0.4 is 0 Å². The molecule has 4 atom stereocenters. The Morgan fingerprint density at radius 1 is 1.35 bits per heavy atom. The van der Waals surface area contributed by atoms with Crippen LogP contribution in [0.25, 0.3) is 11.0 Å². The molecule has 0 aliphatic carbocycles. The third-order valence-corrected chi connectivity index (χ3v) is 5.20. The topological polar surface area (TPSA) is 78.6 Å². The maximum atomic E-state index is 9.59. The van der Waals surface area contributed by atoms with Gasteiger partial charge in [0, 0.05) is 9.77 Å². The summed E-state index contributed by atoms with van der Waals surface area (Å²) in [5.41, 5.74) is 0.671. The van der Waals surface area contributed by atoms with Gasteiger partial charge in [0.2, 0.25) is 0 Å². The number of nitrogens with zero attached hydrogens (tertiary/aromatic N) is 3. The van der Waals surface area contributed by atoms with Gasteiger partial charge in [-0.3, -0.25) is 0 Å². The van der Waals surface area contributed by atoms with E-state index in [-0.39, 0.29) is 18.8 Å². The molecule has 23 heavy (non-hydrogen) atoms. The Balaban J connectivity index is 1.81. The van der Waals surface area contributed by atoms with Gasteiger partial charge in [0.1, 0.15) is 35.4 Å². The first kappa shape index (κ1) is 16.0. The van der Waals surface area contributed by atoms with E-state index in [0.29, 0.717) is 10.8 Å². The molecule has 0 spiro atoms. The highest BCUT2D eigenvalue weighted by molar-refractivity contribution is 14.1. The van der Waals surface area contributed by atoms with Crippen LogP contribution in [-0.4, -0.2) is 50.3 Å². The van der Waals surface area contributed by atoms with E-state index >= 15 is 0 Å². The van der Waals surface area contributed by atoms with Gasteiger partial charge in [-0.15, -0.1) is 0 Å². The van der Waals surface area contributed by atoms with Crippen LogP contribution in [0, 0.1) is 3.57 Å². The van der Waals surface area contributed by atoms with Crippen molar-refractivity contribution in [3.63, 3.8) is 0 Å². The molecule has 9 heteroatoms. The van der Waals surface area contributed by atoms with Gasteiger partial charge >= 0.3 is 0 Å². The summed E-state index contributed by atoms with van der Waals surface area (Å²) < 4.78 is 20.7. The normalized spacial score (nSPS) is 32.6. The summed E-state index contributed by atoms with van der Waals surface area (Å²) in [4.78, 5) is 8.36. The molecule has 4 heterocycles. The van der Waals surface area contributed by atoms with Gasteiger partial charge in [-0.1, -0.05) is 11.6 Å². The molecular weight excluding hydrogens is 437 g/mol. The van der Waals surface area contributed by atoms with Gasteiger partial charge in [0.05, 0.1) is 12.0 Å². The number of hydrogen-bond acceptors (Lipinski definition) is 6. The molecule has 2 saturated heterocycles. The lowest BCUT2D eigenvalue weighted by Crippen LogP contribution is -2.31. The van der Waals surface area contributed by atoms with Crippen LogP contribution in [0.1, 0.15) is 20.1 Å². The highest BCUT2D eigenvalue weighted by atomic mass is 127. The quantitative estimate of drug-likeness (QED) is 0.557. The van der Waals surface area contributed by atoms with Gasteiger partial charge in [0.25, 0.3) is 0 Å². The molecule has 2 aromatic rings. The highest BCUT2D eigenvalue weighted by Crippen LogP contribution is 2.44. The minimum Gasteiger partial charge on any atom is -0.394 e. The Hall–Kier alpha value is -0.520. The fraction of sp³-hybridized carbons (Fsp3) is 0.571. The summed E-state index contributed by atoms with van der Waals surface area (Å²) in [6, 6.07) is 0. The summed E-state index contributed by atoms with van der Waals surface area (Å²) >= 11 is 8.38. The van der Waals surface area contributed by atoms with Gasteiger partial charge < -0.3 is 23.9 Å². The lowest BCUT2D eigenvalue weighted by molar-refractivity contribution is -0.199. The second-order valence-corrected chi connectivity index (χ2v) is 7.58. The van der Waals surface area contributed by atoms with Crippen molar-refractivity contribution in [1.82, 2.24) is 14.5 Å². The van der Waals surface area contributed by atoms with Gasteiger partial charge in [-0.25, -0.2) is 9.97 Å². The third kappa shape index (κ3) is 2.47. The average Bonchev–Trinajstić information content (AvgIpc) is 3.08. The van der Waals surface area contributed by atoms with Gasteiger partial charge in [-0.2, -0.15) is 0 Å². The van der Waals surface area contributed by atoms with Crippen LogP contribution in [-0.2, 0) is 14.2 Å². The molecular formula is C14H15ClIN3O4. The molecule has 2 aromatic heterocycles. The maximum absolute atomic E-state index is 9.59. The molecule has 0 aromatic carbocycles. The predicted molar refractivity (Wildman–Crippen MR) is 90.1 cm³/mol. The summed E-state index contributed by atoms with van der Waals surface area (Å²) in [6.45, 7) is 3.57. The zero-order chi connectivity index (χ0) is 16.4. The fourth-order valence-electron chi connectivity index (χ4n) is 3.23. The predicted octanol–water partition coefficient (Wildman–Crippen LogP) is 2.10.